The Labute approximate surface area is 157 Å². The van der Waals surface area contributed by atoms with Gasteiger partial charge in [-0.15, -0.1) is 11.3 Å². The summed E-state index contributed by atoms with van der Waals surface area (Å²) in [5.41, 5.74) is 1.71. The summed E-state index contributed by atoms with van der Waals surface area (Å²) in [7, 11) is 0. The molecular weight excluding hydrogens is 370 g/mol. The molecule has 4 aromatic rings. The maximum absolute atomic E-state index is 12.8. The molecule has 0 spiro atoms. The molecule has 0 amide bonds. The number of fused-ring (bicyclic) bond motifs is 1. The molecule has 0 radical (unpaired) electrons. The Morgan fingerprint density at radius 2 is 2.27 bits per heavy atom. The number of thiazole rings is 1. The van der Waals surface area contributed by atoms with Crippen molar-refractivity contribution in [2.24, 2.45) is 0 Å². The Morgan fingerprint density at radius 1 is 1.38 bits per heavy atom. The van der Waals surface area contributed by atoms with Crippen LogP contribution >= 0.6 is 22.9 Å². The van der Waals surface area contributed by atoms with Gasteiger partial charge >= 0.3 is 0 Å². The molecule has 26 heavy (non-hydrogen) atoms. The summed E-state index contributed by atoms with van der Waals surface area (Å²) in [6, 6.07) is 10.8. The number of nitrogens with one attached hydrogen (secondary N) is 1. The SMILES string of the molecule is N#C/C(=C\c1csc(-c2ccco2)n1)C(=O)c1c[nH]c2cc(Cl)ccc12. The van der Waals surface area contributed by atoms with Gasteiger partial charge in [-0.2, -0.15) is 5.26 Å². The van der Waals surface area contributed by atoms with Crippen LogP contribution in [-0.4, -0.2) is 15.8 Å². The van der Waals surface area contributed by atoms with Gasteiger partial charge in [-0.05, 0) is 30.3 Å². The third-order valence-corrected chi connectivity index (χ3v) is 4.91. The molecular formula is C19H10ClN3O2S. The van der Waals surface area contributed by atoms with Crippen molar-refractivity contribution in [2.45, 2.75) is 0 Å². The van der Waals surface area contributed by atoms with Gasteiger partial charge in [-0.1, -0.05) is 17.7 Å². The third-order valence-electron chi connectivity index (χ3n) is 3.80. The van der Waals surface area contributed by atoms with Crippen LogP contribution < -0.4 is 0 Å². The first kappa shape index (κ1) is 16.3. The molecule has 0 atom stereocenters. The molecule has 126 valence electrons. The van der Waals surface area contributed by atoms with Gasteiger partial charge in [0.1, 0.15) is 11.6 Å². The smallest absolute Gasteiger partial charge is 0.205 e. The van der Waals surface area contributed by atoms with Gasteiger partial charge in [0.25, 0.3) is 0 Å². The third kappa shape index (κ3) is 2.94. The zero-order valence-corrected chi connectivity index (χ0v) is 14.8. The zero-order chi connectivity index (χ0) is 18.1. The first-order chi connectivity index (χ1) is 12.7. The predicted molar refractivity (Wildman–Crippen MR) is 101 cm³/mol. The van der Waals surface area contributed by atoms with Crippen LogP contribution in [0.5, 0.6) is 0 Å². The van der Waals surface area contributed by atoms with E-state index in [2.05, 4.69) is 9.97 Å². The summed E-state index contributed by atoms with van der Waals surface area (Å²) in [4.78, 5) is 20.2. The second-order valence-corrected chi connectivity index (χ2v) is 6.74. The quantitative estimate of drug-likeness (QED) is 0.295. The zero-order valence-electron chi connectivity index (χ0n) is 13.2. The van der Waals surface area contributed by atoms with Gasteiger partial charge < -0.3 is 9.40 Å². The lowest BCUT2D eigenvalue weighted by atomic mass is 10.0. The Hall–Kier alpha value is -3.14. The van der Waals surface area contributed by atoms with Gasteiger partial charge in [0.05, 0.1) is 12.0 Å². The van der Waals surface area contributed by atoms with E-state index in [1.165, 1.54) is 17.4 Å². The normalized spacial score (nSPS) is 11.6. The van der Waals surface area contributed by atoms with Crippen LogP contribution in [0.4, 0.5) is 0 Å². The number of furan rings is 1. The Balaban J connectivity index is 1.69. The van der Waals surface area contributed by atoms with Gasteiger partial charge in [0.2, 0.25) is 5.78 Å². The minimum atomic E-state index is -0.367. The molecule has 0 aliphatic heterocycles. The van der Waals surface area contributed by atoms with Crippen molar-refractivity contribution in [3.05, 3.63) is 70.0 Å². The summed E-state index contributed by atoms with van der Waals surface area (Å²) >= 11 is 7.35. The van der Waals surface area contributed by atoms with Crippen molar-refractivity contribution in [3.63, 3.8) is 0 Å². The van der Waals surface area contributed by atoms with Gasteiger partial charge in [0, 0.05) is 33.1 Å². The Bertz CT molecular complexity index is 1180. The van der Waals surface area contributed by atoms with Crippen molar-refractivity contribution < 1.29 is 9.21 Å². The van der Waals surface area contributed by atoms with Crippen LogP contribution in [0.15, 0.2) is 58.2 Å². The molecule has 1 N–H and O–H groups in total. The van der Waals surface area contributed by atoms with Crippen LogP contribution in [0, 0.1) is 11.3 Å². The second kappa shape index (κ2) is 6.64. The fourth-order valence-corrected chi connectivity index (χ4v) is 3.51. The van der Waals surface area contributed by atoms with Crippen molar-refractivity contribution in [2.75, 3.05) is 0 Å². The molecule has 0 saturated carbocycles. The molecule has 0 unspecified atom stereocenters. The number of allylic oxidation sites excluding steroid dienone is 1. The molecule has 3 heterocycles. The highest BCUT2D eigenvalue weighted by Crippen LogP contribution is 2.27. The van der Waals surface area contributed by atoms with Crippen molar-refractivity contribution in [3.8, 4) is 16.8 Å². The van der Waals surface area contributed by atoms with Crippen molar-refractivity contribution >= 4 is 45.7 Å². The number of rotatable bonds is 4. The van der Waals surface area contributed by atoms with Crippen LogP contribution in [0.3, 0.4) is 0 Å². The van der Waals surface area contributed by atoms with Crippen molar-refractivity contribution in [1.29, 1.82) is 5.26 Å². The number of hydrogen-bond acceptors (Lipinski definition) is 5. The number of nitrogens with zero attached hydrogens (tertiary/aromatic N) is 2. The summed E-state index contributed by atoms with van der Waals surface area (Å²) in [6.45, 7) is 0. The van der Waals surface area contributed by atoms with E-state index in [4.69, 9.17) is 16.0 Å². The number of ketones is 1. The molecule has 4 rings (SSSR count). The molecule has 0 aliphatic carbocycles. The summed E-state index contributed by atoms with van der Waals surface area (Å²) in [6.07, 6.45) is 4.64. The fraction of sp³-hybridized carbons (Fsp3) is 0. The predicted octanol–water partition coefficient (Wildman–Crippen LogP) is 5.33. The monoisotopic (exact) mass is 379 g/mol. The average molecular weight is 380 g/mol. The van der Waals surface area contributed by atoms with Crippen LogP contribution in [-0.2, 0) is 0 Å². The lowest BCUT2D eigenvalue weighted by Gasteiger charge is -1.98. The highest BCUT2D eigenvalue weighted by molar-refractivity contribution is 7.13. The number of carbonyl (C=O) groups is 1. The summed E-state index contributed by atoms with van der Waals surface area (Å²) < 4.78 is 5.31. The largest absolute Gasteiger partial charge is 0.462 e. The van der Waals surface area contributed by atoms with Gasteiger partial charge in [-0.25, -0.2) is 4.98 Å². The van der Waals surface area contributed by atoms with Gasteiger partial charge in [-0.3, -0.25) is 4.79 Å². The van der Waals surface area contributed by atoms with E-state index in [1.54, 1.807) is 48.2 Å². The number of aromatic nitrogens is 2. The van der Waals surface area contributed by atoms with E-state index in [-0.39, 0.29) is 11.4 Å². The van der Waals surface area contributed by atoms with Crippen LogP contribution in [0.25, 0.3) is 27.7 Å². The van der Waals surface area contributed by atoms with E-state index in [0.717, 1.165) is 10.9 Å². The molecule has 5 nitrogen and oxygen atoms in total. The highest BCUT2D eigenvalue weighted by atomic mass is 35.5. The lowest BCUT2D eigenvalue weighted by Crippen LogP contribution is -2.01. The first-order valence-electron chi connectivity index (χ1n) is 7.58. The first-order valence-corrected chi connectivity index (χ1v) is 8.84. The maximum atomic E-state index is 12.8. The minimum absolute atomic E-state index is 0.0112. The molecule has 0 saturated heterocycles. The van der Waals surface area contributed by atoms with Crippen LogP contribution in [0.1, 0.15) is 16.1 Å². The number of H-pyrrole nitrogens is 1. The summed E-state index contributed by atoms with van der Waals surface area (Å²) in [5.74, 6) is 0.279. The molecule has 0 bridgehead atoms. The highest BCUT2D eigenvalue weighted by Gasteiger charge is 2.17. The number of Topliss-reactive ketones (excluding diaryl/α,β-unsaturated/α-hetero) is 1. The number of benzene rings is 1. The minimum Gasteiger partial charge on any atom is -0.462 e. The van der Waals surface area contributed by atoms with E-state index >= 15 is 0 Å². The lowest BCUT2D eigenvalue weighted by molar-refractivity contribution is 0.104. The van der Waals surface area contributed by atoms with Crippen LogP contribution in [0.2, 0.25) is 5.02 Å². The van der Waals surface area contributed by atoms with E-state index in [1.807, 2.05) is 6.07 Å². The second-order valence-electron chi connectivity index (χ2n) is 5.45. The number of halogens is 1. The standard InChI is InChI=1S/C19H10ClN3O2S/c20-12-3-4-14-15(9-22-16(14)7-12)18(24)11(8-21)6-13-10-26-19(23-13)17-2-1-5-25-17/h1-7,9-10,22H/b11-6+. The molecule has 1 aromatic carbocycles. The number of hydrogen-bond donors (Lipinski definition) is 1. The van der Waals surface area contributed by atoms with Crippen molar-refractivity contribution in [1.82, 2.24) is 9.97 Å². The average Bonchev–Trinajstić information content (AvgIpc) is 3.38. The fourth-order valence-electron chi connectivity index (χ4n) is 2.59. The molecule has 0 aliphatic rings. The topological polar surface area (TPSA) is 82.7 Å². The maximum Gasteiger partial charge on any atom is 0.205 e. The Morgan fingerprint density at radius 3 is 3.04 bits per heavy atom. The summed E-state index contributed by atoms with van der Waals surface area (Å²) in [5, 5.41) is 13.2. The molecule has 3 aromatic heterocycles. The Kier molecular flexibility index (Phi) is 4.17. The number of aromatic amines is 1. The molecule has 7 heteroatoms. The van der Waals surface area contributed by atoms with Gasteiger partial charge in [0.15, 0.2) is 10.8 Å². The number of carbonyl (C=O) groups excluding carboxylic acids is 1. The van der Waals surface area contributed by atoms with E-state index < -0.39 is 0 Å². The van der Waals surface area contributed by atoms with E-state index in [0.29, 0.717) is 27.0 Å². The van der Waals surface area contributed by atoms with E-state index in [9.17, 15) is 10.1 Å². The number of nitriles is 1. The molecule has 0 fully saturated rings.